The SMILES string of the molecule is O=[N+]([O-])c1cc(Cl)ccc1S(=O)(=O)N1CCCc2cc(F)ccc21. The minimum atomic E-state index is -4.17. The molecule has 9 heteroatoms. The Balaban J connectivity index is 2.16. The van der Waals surface area contributed by atoms with E-state index >= 15 is 0 Å². The van der Waals surface area contributed by atoms with E-state index in [0.29, 0.717) is 24.1 Å². The highest BCUT2D eigenvalue weighted by Crippen LogP contribution is 2.36. The summed E-state index contributed by atoms with van der Waals surface area (Å²) in [6.45, 7) is 0.167. The zero-order valence-electron chi connectivity index (χ0n) is 12.3. The number of anilines is 1. The molecule has 0 saturated heterocycles. The molecule has 2 aromatic rings. The average Bonchev–Trinajstić information content (AvgIpc) is 2.53. The monoisotopic (exact) mass is 370 g/mol. The van der Waals surface area contributed by atoms with Gasteiger partial charge in [0.15, 0.2) is 4.90 Å². The van der Waals surface area contributed by atoms with Crippen LogP contribution in [0.25, 0.3) is 0 Å². The molecule has 3 rings (SSSR count). The lowest BCUT2D eigenvalue weighted by Crippen LogP contribution is -2.35. The van der Waals surface area contributed by atoms with Crippen LogP contribution in [0.5, 0.6) is 0 Å². The van der Waals surface area contributed by atoms with Crippen molar-refractivity contribution in [3.05, 3.63) is 62.9 Å². The third-order valence-corrected chi connectivity index (χ3v) is 5.90. The smallest absolute Gasteiger partial charge is 0.266 e. The van der Waals surface area contributed by atoms with Gasteiger partial charge in [-0.25, -0.2) is 12.8 Å². The van der Waals surface area contributed by atoms with Gasteiger partial charge in [-0.15, -0.1) is 0 Å². The Kier molecular flexibility index (Phi) is 4.18. The van der Waals surface area contributed by atoms with Crippen molar-refractivity contribution in [1.29, 1.82) is 0 Å². The van der Waals surface area contributed by atoms with Crippen molar-refractivity contribution >= 4 is 33.0 Å². The molecule has 1 heterocycles. The fourth-order valence-corrected chi connectivity index (χ4v) is 4.60. The second-order valence-corrected chi connectivity index (χ2v) is 7.59. The van der Waals surface area contributed by atoms with Crippen LogP contribution in [0.4, 0.5) is 15.8 Å². The largest absolute Gasteiger partial charge is 0.291 e. The quantitative estimate of drug-likeness (QED) is 0.611. The van der Waals surface area contributed by atoms with Crippen LogP contribution in [0.1, 0.15) is 12.0 Å². The summed E-state index contributed by atoms with van der Waals surface area (Å²) in [5.41, 5.74) is 0.310. The number of halogens is 2. The first-order chi connectivity index (χ1) is 11.3. The van der Waals surface area contributed by atoms with Gasteiger partial charge >= 0.3 is 0 Å². The summed E-state index contributed by atoms with van der Waals surface area (Å²) in [5.74, 6) is -0.453. The molecule has 6 nitrogen and oxygen atoms in total. The second-order valence-electron chi connectivity index (χ2n) is 5.32. The highest BCUT2D eigenvalue weighted by Gasteiger charge is 2.34. The first-order valence-corrected chi connectivity index (χ1v) is 8.87. The normalized spacial score (nSPS) is 14.3. The van der Waals surface area contributed by atoms with Gasteiger partial charge in [0.1, 0.15) is 5.82 Å². The Morgan fingerprint density at radius 2 is 1.96 bits per heavy atom. The van der Waals surface area contributed by atoms with Crippen molar-refractivity contribution in [2.75, 3.05) is 10.8 Å². The van der Waals surface area contributed by atoms with E-state index in [0.717, 1.165) is 16.4 Å². The van der Waals surface area contributed by atoms with Crippen molar-refractivity contribution in [3.63, 3.8) is 0 Å². The first kappa shape index (κ1) is 16.7. The zero-order valence-corrected chi connectivity index (χ0v) is 13.8. The van der Waals surface area contributed by atoms with E-state index in [4.69, 9.17) is 11.6 Å². The standard InChI is InChI=1S/C15H12ClFN2O4S/c16-11-3-6-15(14(9-11)19(20)21)24(22,23)18-7-1-2-10-8-12(17)4-5-13(10)18/h3-6,8-9H,1-2,7H2. The number of hydrogen-bond acceptors (Lipinski definition) is 4. The Morgan fingerprint density at radius 3 is 2.67 bits per heavy atom. The minimum absolute atomic E-state index is 0.0711. The van der Waals surface area contributed by atoms with Crippen LogP contribution in [0, 0.1) is 15.9 Å². The van der Waals surface area contributed by atoms with Crippen LogP contribution in [0.2, 0.25) is 5.02 Å². The number of hydrogen-bond donors (Lipinski definition) is 0. The maximum absolute atomic E-state index is 13.4. The molecule has 0 bridgehead atoms. The third-order valence-electron chi connectivity index (χ3n) is 3.80. The van der Waals surface area contributed by atoms with Crippen LogP contribution in [0.15, 0.2) is 41.3 Å². The molecule has 2 aromatic carbocycles. The molecule has 0 radical (unpaired) electrons. The number of nitro benzene ring substituents is 1. The van der Waals surface area contributed by atoms with E-state index in [2.05, 4.69) is 0 Å². The molecule has 0 saturated carbocycles. The Morgan fingerprint density at radius 1 is 1.21 bits per heavy atom. The molecule has 0 atom stereocenters. The number of benzene rings is 2. The van der Waals surface area contributed by atoms with Crippen LogP contribution in [-0.4, -0.2) is 19.9 Å². The van der Waals surface area contributed by atoms with Gasteiger partial charge in [-0.2, -0.15) is 0 Å². The molecule has 0 aliphatic carbocycles. The minimum Gasteiger partial charge on any atom is -0.266 e. The predicted octanol–water partition coefficient (Wildman–Crippen LogP) is 3.53. The van der Waals surface area contributed by atoms with E-state index in [9.17, 15) is 22.9 Å². The number of nitrogens with zero attached hydrogens (tertiary/aromatic N) is 2. The fraction of sp³-hybridized carbons (Fsp3) is 0.200. The molecule has 24 heavy (non-hydrogen) atoms. The fourth-order valence-electron chi connectivity index (χ4n) is 2.75. The van der Waals surface area contributed by atoms with Crippen molar-refractivity contribution < 1.29 is 17.7 Å². The van der Waals surface area contributed by atoms with Gasteiger partial charge in [0, 0.05) is 17.6 Å². The van der Waals surface area contributed by atoms with E-state index in [-0.39, 0.29) is 11.6 Å². The van der Waals surface area contributed by atoms with E-state index < -0.39 is 31.3 Å². The highest BCUT2D eigenvalue weighted by atomic mass is 35.5. The zero-order chi connectivity index (χ0) is 17.5. The maximum atomic E-state index is 13.4. The number of fused-ring (bicyclic) bond motifs is 1. The Hall–Kier alpha value is -2.19. The molecule has 0 amide bonds. The van der Waals surface area contributed by atoms with Crippen LogP contribution in [-0.2, 0) is 16.4 Å². The van der Waals surface area contributed by atoms with Crippen LogP contribution in [0.3, 0.4) is 0 Å². The number of aryl methyl sites for hydroxylation is 1. The van der Waals surface area contributed by atoms with Gasteiger partial charge < -0.3 is 0 Å². The molecule has 0 N–H and O–H groups in total. The molecule has 1 aliphatic heterocycles. The molecule has 1 aliphatic rings. The number of nitro groups is 1. The summed E-state index contributed by atoms with van der Waals surface area (Å²) in [7, 11) is -4.17. The van der Waals surface area contributed by atoms with Gasteiger partial charge in [-0.3, -0.25) is 14.4 Å². The number of sulfonamides is 1. The third kappa shape index (κ3) is 2.83. The van der Waals surface area contributed by atoms with E-state index in [1.165, 1.54) is 24.3 Å². The van der Waals surface area contributed by atoms with Gasteiger partial charge in [-0.05, 0) is 48.7 Å². The van der Waals surface area contributed by atoms with Crippen molar-refractivity contribution in [2.45, 2.75) is 17.7 Å². The van der Waals surface area contributed by atoms with Crippen LogP contribution < -0.4 is 4.31 Å². The Bertz CT molecular complexity index is 933. The molecule has 0 spiro atoms. The van der Waals surface area contributed by atoms with Gasteiger partial charge in [0.2, 0.25) is 0 Å². The predicted molar refractivity (Wildman–Crippen MR) is 87.4 cm³/mol. The molecule has 0 fully saturated rings. The molecule has 0 aromatic heterocycles. The molecular weight excluding hydrogens is 359 g/mol. The molecular formula is C15H12ClFN2O4S. The van der Waals surface area contributed by atoms with Crippen LogP contribution >= 0.6 is 11.6 Å². The van der Waals surface area contributed by atoms with E-state index in [1.54, 1.807) is 0 Å². The van der Waals surface area contributed by atoms with Crippen molar-refractivity contribution in [1.82, 2.24) is 0 Å². The lowest BCUT2D eigenvalue weighted by Gasteiger charge is -2.30. The first-order valence-electron chi connectivity index (χ1n) is 7.06. The topological polar surface area (TPSA) is 80.5 Å². The molecule has 126 valence electrons. The second kappa shape index (κ2) is 6.03. The summed E-state index contributed by atoms with van der Waals surface area (Å²) in [5, 5.41) is 11.3. The van der Waals surface area contributed by atoms with E-state index in [1.807, 2.05) is 0 Å². The maximum Gasteiger partial charge on any atom is 0.291 e. The summed E-state index contributed by atoms with van der Waals surface area (Å²) in [6.07, 6.45) is 1.04. The summed E-state index contributed by atoms with van der Waals surface area (Å²) in [4.78, 5) is 9.99. The summed E-state index contributed by atoms with van der Waals surface area (Å²) >= 11 is 5.74. The van der Waals surface area contributed by atoms with Gasteiger partial charge in [-0.1, -0.05) is 11.6 Å². The van der Waals surface area contributed by atoms with Crippen molar-refractivity contribution in [2.24, 2.45) is 0 Å². The van der Waals surface area contributed by atoms with Crippen molar-refractivity contribution in [3.8, 4) is 0 Å². The lowest BCUT2D eigenvalue weighted by molar-refractivity contribution is -0.387. The van der Waals surface area contributed by atoms with Gasteiger partial charge in [0.05, 0.1) is 10.6 Å². The molecule has 0 unspecified atom stereocenters. The summed E-state index contributed by atoms with van der Waals surface area (Å²) in [6, 6.07) is 7.24. The lowest BCUT2D eigenvalue weighted by atomic mass is 10.0. The number of rotatable bonds is 3. The van der Waals surface area contributed by atoms with Gasteiger partial charge in [0.25, 0.3) is 15.7 Å². The Labute approximate surface area is 142 Å². The summed E-state index contributed by atoms with van der Waals surface area (Å²) < 4.78 is 40.4. The average molecular weight is 371 g/mol. The highest BCUT2D eigenvalue weighted by molar-refractivity contribution is 7.93.